The van der Waals surface area contributed by atoms with E-state index in [1.807, 2.05) is 0 Å². The van der Waals surface area contributed by atoms with E-state index in [0.717, 1.165) is 62.8 Å². The zero-order chi connectivity index (χ0) is 21.2. The Morgan fingerprint density at radius 3 is 1.07 bits per heavy atom. The van der Waals surface area contributed by atoms with Gasteiger partial charge in [-0.25, -0.2) is 0 Å². The normalized spacial score (nSPS) is 10.7. The first kappa shape index (κ1) is 23.7. The standard InChI is InChI=1S/C22H22Br4O2/c1-7-9-27-21-11(3)17(23)15(18(24)12(21)4)16-19(25)13(5)22(28-10-8-2)14(6)20(16)26/h7-8H,1-2,9-10H2,3-6H3. The van der Waals surface area contributed by atoms with E-state index in [1.165, 1.54) is 0 Å². The van der Waals surface area contributed by atoms with E-state index in [4.69, 9.17) is 9.47 Å². The smallest absolute Gasteiger partial charge is 0.127 e. The maximum Gasteiger partial charge on any atom is 0.127 e. The summed E-state index contributed by atoms with van der Waals surface area (Å²) < 4.78 is 15.7. The maximum atomic E-state index is 5.91. The van der Waals surface area contributed by atoms with Crippen LogP contribution < -0.4 is 9.47 Å². The molecule has 0 radical (unpaired) electrons. The van der Waals surface area contributed by atoms with E-state index in [9.17, 15) is 0 Å². The van der Waals surface area contributed by atoms with Crippen molar-refractivity contribution >= 4 is 63.7 Å². The topological polar surface area (TPSA) is 18.5 Å². The van der Waals surface area contributed by atoms with Crippen molar-refractivity contribution in [3.05, 3.63) is 65.5 Å². The van der Waals surface area contributed by atoms with Gasteiger partial charge in [-0.05, 0) is 91.4 Å². The van der Waals surface area contributed by atoms with Gasteiger partial charge >= 0.3 is 0 Å². The van der Waals surface area contributed by atoms with Gasteiger partial charge in [0, 0.05) is 51.3 Å². The Balaban J connectivity index is 2.82. The first-order valence-corrected chi connectivity index (χ1v) is 11.8. The van der Waals surface area contributed by atoms with E-state index < -0.39 is 0 Å². The van der Waals surface area contributed by atoms with Gasteiger partial charge in [0.1, 0.15) is 24.7 Å². The summed E-state index contributed by atoms with van der Waals surface area (Å²) in [5.74, 6) is 1.71. The fourth-order valence-electron chi connectivity index (χ4n) is 3.06. The van der Waals surface area contributed by atoms with E-state index in [0.29, 0.717) is 13.2 Å². The van der Waals surface area contributed by atoms with Gasteiger partial charge in [-0.2, -0.15) is 0 Å². The van der Waals surface area contributed by atoms with Crippen molar-refractivity contribution in [1.29, 1.82) is 0 Å². The number of hydrogen-bond donors (Lipinski definition) is 0. The van der Waals surface area contributed by atoms with Crippen molar-refractivity contribution in [3.63, 3.8) is 0 Å². The van der Waals surface area contributed by atoms with Crippen LogP contribution >= 0.6 is 63.7 Å². The highest BCUT2D eigenvalue weighted by Gasteiger charge is 2.26. The minimum Gasteiger partial charge on any atom is -0.489 e. The van der Waals surface area contributed by atoms with Crippen LogP contribution in [-0.2, 0) is 0 Å². The van der Waals surface area contributed by atoms with Gasteiger partial charge in [-0.1, -0.05) is 25.3 Å². The summed E-state index contributed by atoms with van der Waals surface area (Å²) >= 11 is 15.2. The van der Waals surface area contributed by atoms with Crippen LogP contribution in [0.25, 0.3) is 11.1 Å². The zero-order valence-electron chi connectivity index (χ0n) is 16.3. The molecule has 0 amide bonds. The van der Waals surface area contributed by atoms with Crippen LogP contribution in [0.5, 0.6) is 11.5 Å². The largest absolute Gasteiger partial charge is 0.489 e. The lowest BCUT2D eigenvalue weighted by Gasteiger charge is -2.23. The average Bonchev–Trinajstić information content (AvgIpc) is 2.67. The number of benzene rings is 2. The molecule has 6 heteroatoms. The second-order valence-electron chi connectivity index (χ2n) is 6.36. The molecule has 2 nitrogen and oxygen atoms in total. The minimum absolute atomic E-state index is 0.459. The van der Waals surface area contributed by atoms with Crippen LogP contribution in [0.1, 0.15) is 22.3 Å². The first-order valence-electron chi connectivity index (χ1n) is 8.62. The zero-order valence-corrected chi connectivity index (χ0v) is 22.7. The third-order valence-electron chi connectivity index (χ3n) is 4.50. The van der Waals surface area contributed by atoms with Crippen molar-refractivity contribution in [2.24, 2.45) is 0 Å². The average molecular weight is 638 g/mol. The summed E-state index contributed by atoms with van der Waals surface area (Å²) in [6, 6.07) is 0. The lowest BCUT2D eigenvalue weighted by atomic mass is 9.96. The highest BCUT2D eigenvalue weighted by molar-refractivity contribution is 9.11. The molecule has 0 aromatic heterocycles. The van der Waals surface area contributed by atoms with Gasteiger partial charge in [0.05, 0.1) is 0 Å². The summed E-state index contributed by atoms with van der Waals surface area (Å²) in [6.07, 6.45) is 3.49. The van der Waals surface area contributed by atoms with Gasteiger partial charge in [0.25, 0.3) is 0 Å². The van der Waals surface area contributed by atoms with Crippen LogP contribution in [-0.4, -0.2) is 13.2 Å². The Morgan fingerprint density at radius 2 is 0.857 bits per heavy atom. The molecule has 0 unspecified atom stereocenters. The molecule has 0 spiro atoms. The molecule has 0 heterocycles. The predicted octanol–water partition coefficient (Wildman–Crippen LogP) is 8.77. The van der Waals surface area contributed by atoms with E-state index in [1.54, 1.807) is 12.2 Å². The molecule has 0 saturated heterocycles. The van der Waals surface area contributed by atoms with Crippen molar-refractivity contribution in [2.45, 2.75) is 27.7 Å². The summed E-state index contributed by atoms with van der Waals surface area (Å²) in [5.41, 5.74) is 6.27. The number of rotatable bonds is 7. The van der Waals surface area contributed by atoms with Crippen LogP contribution in [0.3, 0.4) is 0 Å². The molecule has 150 valence electrons. The Bertz CT molecular complexity index is 813. The monoisotopic (exact) mass is 634 g/mol. The molecule has 0 saturated carbocycles. The van der Waals surface area contributed by atoms with Crippen LogP contribution in [0.4, 0.5) is 0 Å². The molecule has 2 aromatic carbocycles. The Labute approximate surface area is 200 Å². The summed E-state index contributed by atoms with van der Waals surface area (Å²) in [4.78, 5) is 0. The lowest BCUT2D eigenvalue weighted by molar-refractivity contribution is 0.357. The van der Waals surface area contributed by atoms with Crippen molar-refractivity contribution in [3.8, 4) is 22.6 Å². The third kappa shape index (κ3) is 4.30. The molecule has 0 aliphatic heterocycles. The van der Waals surface area contributed by atoms with Gasteiger partial charge in [0.15, 0.2) is 0 Å². The van der Waals surface area contributed by atoms with Crippen LogP contribution in [0.2, 0.25) is 0 Å². The van der Waals surface area contributed by atoms with Crippen molar-refractivity contribution in [1.82, 2.24) is 0 Å². The molecule has 28 heavy (non-hydrogen) atoms. The Morgan fingerprint density at radius 1 is 0.607 bits per heavy atom. The summed E-state index contributed by atoms with van der Waals surface area (Å²) in [7, 11) is 0. The maximum absolute atomic E-state index is 5.91. The fourth-order valence-corrected chi connectivity index (χ4v) is 5.90. The van der Waals surface area contributed by atoms with Crippen molar-refractivity contribution in [2.75, 3.05) is 13.2 Å². The number of ether oxygens (including phenoxy) is 2. The van der Waals surface area contributed by atoms with Gasteiger partial charge in [0.2, 0.25) is 0 Å². The first-order chi connectivity index (χ1) is 13.2. The third-order valence-corrected chi connectivity index (χ3v) is 8.46. The Kier molecular flexibility index (Phi) is 8.44. The highest BCUT2D eigenvalue weighted by Crippen LogP contribution is 2.52. The summed E-state index contributed by atoms with van der Waals surface area (Å²) in [5, 5.41) is 0. The van der Waals surface area contributed by atoms with Gasteiger partial charge in [-0.3, -0.25) is 0 Å². The molecule has 0 fully saturated rings. The number of halogens is 4. The van der Waals surface area contributed by atoms with E-state index in [2.05, 4.69) is 105 Å². The van der Waals surface area contributed by atoms with E-state index in [-0.39, 0.29) is 0 Å². The van der Waals surface area contributed by atoms with Gasteiger partial charge < -0.3 is 9.47 Å². The quantitative estimate of drug-likeness (QED) is 0.283. The molecular weight excluding hydrogens is 616 g/mol. The highest BCUT2D eigenvalue weighted by atomic mass is 79.9. The Hall–Kier alpha value is -0.560. The van der Waals surface area contributed by atoms with Crippen molar-refractivity contribution < 1.29 is 9.47 Å². The summed E-state index contributed by atoms with van der Waals surface area (Å²) in [6.45, 7) is 16.6. The van der Waals surface area contributed by atoms with E-state index >= 15 is 0 Å². The van der Waals surface area contributed by atoms with Crippen LogP contribution in [0, 0.1) is 27.7 Å². The molecule has 0 bridgehead atoms. The van der Waals surface area contributed by atoms with Gasteiger partial charge in [-0.15, -0.1) is 0 Å². The predicted molar refractivity (Wildman–Crippen MR) is 133 cm³/mol. The second kappa shape index (κ2) is 9.96. The fraction of sp³-hybridized carbons (Fsp3) is 0.273. The molecule has 0 N–H and O–H groups in total. The lowest BCUT2D eigenvalue weighted by Crippen LogP contribution is -2.04. The van der Waals surface area contributed by atoms with Crippen LogP contribution in [0.15, 0.2) is 43.2 Å². The number of hydrogen-bond acceptors (Lipinski definition) is 2. The molecule has 0 atom stereocenters. The minimum atomic E-state index is 0.459. The molecule has 0 aliphatic rings. The second-order valence-corrected chi connectivity index (χ2v) is 9.54. The molecular formula is C22H22Br4O2. The molecule has 2 aromatic rings. The molecule has 2 rings (SSSR count). The molecule has 0 aliphatic carbocycles. The SMILES string of the molecule is C=CCOc1c(C)c(Br)c(-c2c(Br)c(C)c(OCC=C)c(C)c2Br)c(Br)c1C.